The molecule has 2 aliphatic heterocycles. The van der Waals surface area contributed by atoms with Crippen molar-refractivity contribution in [2.24, 2.45) is 17.6 Å². The van der Waals surface area contributed by atoms with Crippen LogP contribution < -0.4 is 16.4 Å². The van der Waals surface area contributed by atoms with Crippen LogP contribution in [-0.4, -0.2) is 106 Å². The second-order valence-corrected chi connectivity index (χ2v) is 10.9. The topological polar surface area (TPSA) is 196 Å². The largest absolute Gasteiger partial charge is 0.393 e. The Kier molecular flexibility index (Phi) is 11.7. The van der Waals surface area contributed by atoms with Crippen molar-refractivity contribution >= 4 is 6.03 Å². The summed E-state index contributed by atoms with van der Waals surface area (Å²) in [5.74, 6) is -1.84. The molecule has 0 aromatic heterocycles. The number of urea groups is 1. The van der Waals surface area contributed by atoms with Gasteiger partial charge in [0.25, 0.3) is 0 Å². The molecule has 0 saturated carbocycles. The number of ether oxygens (including phenoxy) is 3. The normalized spacial score (nSPS) is 38.6. The molecule has 2 aliphatic rings. The van der Waals surface area contributed by atoms with Crippen molar-refractivity contribution in [2.75, 3.05) is 7.05 Å². The average Bonchev–Trinajstić information content (AvgIpc) is 2.81. The molecule has 2 heterocycles. The predicted molar refractivity (Wildman–Crippen MR) is 135 cm³/mol. The van der Waals surface area contributed by atoms with Crippen molar-refractivity contribution in [3.8, 4) is 0 Å². The minimum atomic E-state index is -1.84. The smallest absolute Gasteiger partial charge is 0.314 e. The van der Waals surface area contributed by atoms with E-state index in [9.17, 15) is 30.3 Å². The van der Waals surface area contributed by atoms with Gasteiger partial charge in [-0.15, -0.1) is 0 Å². The van der Waals surface area contributed by atoms with Gasteiger partial charge in [0, 0.05) is 26.3 Å². The third-order valence-electron chi connectivity index (χ3n) is 6.92. The van der Waals surface area contributed by atoms with E-state index in [2.05, 4.69) is 10.6 Å². The lowest BCUT2D eigenvalue weighted by Crippen LogP contribution is -2.63. The molecule has 2 amide bonds. The molecule has 0 aliphatic carbocycles. The minimum absolute atomic E-state index is 0.0494. The fraction of sp³-hybridized carbons (Fsp3) is 0.880. The summed E-state index contributed by atoms with van der Waals surface area (Å²) in [5.41, 5.74) is 5.95. The number of carbonyl (C=O) groups excluding carboxylic acids is 1. The van der Waals surface area contributed by atoms with E-state index in [1.165, 1.54) is 7.05 Å². The van der Waals surface area contributed by atoms with Gasteiger partial charge in [0.2, 0.25) is 0 Å². The molecule has 2 fully saturated rings. The van der Waals surface area contributed by atoms with Crippen LogP contribution >= 0.6 is 0 Å². The van der Waals surface area contributed by atoms with Gasteiger partial charge < -0.3 is 56.1 Å². The van der Waals surface area contributed by atoms with Gasteiger partial charge in [0.15, 0.2) is 12.1 Å². The number of aliphatic hydroxyl groups is 5. The second-order valence-electron chi connectivity index (χ2n) is 10.9. The van der Waals surface area contributed by atoms with Gasteiger partial charge >= 0.3 is 6.03 Å². The molecule has 11 atom stereocenters. The SMILES string of the molecule is CNC(=O)NC1[C@H](CC(/C=C/C(C)C)OC2OC(C)C(O)C(N)C2O)OC(O)(CC(O)C(C)C)C[C@@H]1O. The monoisotopic (exact) mass is 533 g/mol. The van der Waals surface area contributed by atoms with Gasteiger partial charge in [0.1, 0.15) is 6.10 Å². The maximum atomic E-state index is 12.1. The van der Waals surface area contributed by atoms with Crippen molar-refractivity contribution in [3.05, 3.63) is 12.2 Å². The van der Waals surface area contributed by atoms with Crippen LogP contribution in [0.25, 0.3) is 0 Å². The first-order chi connectivity index (χ1) is 17.2. The highest BCUT2D eigenvalue weighted by molar-refractivity contribution is 5.74. The number of allylic oxidation sites excluding steroid dienone is 1. The molecule has 0 spiro atoms. The Morgan fingerprint density at radius 3 is 2.41 bits per heavy atom. The second kappa shape index (κ2) is 13.6. The quantitative estimate of drug-likeness (QED) is 0.166. The molecule has 37 heavy (non-hydrogen) atoms. The molecule has 2 saturated heterocycles. The van der Waals surface area contributed by atoms with E-state index < -0.39 is 72.9 Å². The van der Waals surface area contributed by atoms with Gasteiger partial charge in [-0.1, -0.05) is 39.8 Å². The minimum Gasteiger partial charge on any atom is -0.393 e. The summed E-state index contributed by atoms with van der Waals surface area (Å²) in [6.45, 7) is 9.17. The van der Waals surface area contributed by atoms with E-state index in [1.54, 1.807) is 26.8 Å². The van der Waals surface area contributed by atoms with Crippen molar-refractivity contribution < 1.29 is 44.5 Å². The maximum absolute atomic E-state index is 12.1. The van der Waals surface area contributed by atoms with E-state index >= 15 is 0 Å². The molecule has 2 rings (SSSR count). The highest BCUT2D eigenvalue weighted by Gasteiger charge is 2.49. The van der Waals surface area contributed by atoms with Gasteiger partial charge in [-0.25, -0.2) is 4.79 Å². The highest BCUT2D eigenvalue weighted by Crippen LogP contribution is 2.35. The summed E-state index contributed by atoms with van der Waals surface area (Å²) >= 11 is 0. The van der Waals surface area contributed by atoms with Crippen LogP contribution in [0.3, 0.4) is 0 Å². The summed E-state index contributed by atoms with van der Waals surface area (Å²) in [6.07, 6.45) is -4.64. The summed E-state index contributed by atoms with van der Waals surface area (Å²) < 4.78 is 17.8. The molecule has 9 unspecified atom stereocenters. The third kappa shape index (κ3) is 8.84. The zero-order chi connectivity index (χ0) is 28.1. The Labute approximate surface area is 219 Å². The van der Waals surface area contributed by atoms with E-state index in [1.807, 2.05) is 19.9 Å². The lowest BCUT2D eigenvalue weighted by molar-refractivity contribution is -0.303. The molecule has 12 heteroatoms. The van der Waals surface area contributed by atoms with Crippen LogP contribution in [0, 0.1) is 11.8 Å². The summed E-state index contributed by atoms with van der Waals surface area (Å²) in [7, 11) is 1.44. The van der Waals surface area contributed by atoms with Crippen LogP contribution in [0.5, 0.6) is 0 Å². The lowest BCUT2D eigenvalue weighted by Gasteiger charge is -2.46. The van der Waals surface area contributed by atoms with E-state index in [0.29, 0.717) is 0 Å². The Morgan fingerprint density at radius 2 is 1.84 bits per heavy atom. The van der Waals surface area contributed by atoms with Crippen LogP contribution in [0.1, 0.15) is 53.9 Å². The first-order valence-corrected chi connectivity index (χ1v) is 13.0. The molecular formula is C25H47N3O9. The van der Waals surface area contributed by atoms with E-state index in [-0.39, 0.29) is 31.1 Å². The van der Waals surface area contributed by atoms with E-state index in [0.717, 1.165) is 0 Å². The van der Waals surface area contributed by atoms with Crippen molar-refractivity contribution in [1.29, 1.82) is 0 Å². The third-order valence-corrected chi connectivity index (χ3v) is 6.92. The number of rotatable bonds is 10. The Hall–Kier alpha value is -1.35. The van der Waals surface area contributed by atoms with Gasteiger partial charge in [-0.3, -0.25) is 0 Å². The number of aliphatic hydroxyl groups excluding tert-OH is 4. The molecule has 0 radical (unpaired) electrons. The van der Waals surface area contributed by atoms with Crippen LogP contribution in [0.15, 0.2) is 12.2 Å². The molecule has 9 N–H and O–H groups in total. The zero-order valence-electron chi connectivity index (χ0n) is 22.7. The standard InChI is InChI=1S/C25H47N3O9/c1-12(2)7-8-15(36-23-22(32)19(26)21(31)14(5)35-23)9-18-20(28-24(33)27-6)17(30)11-25(34,37-18)10-16(29)13(3)4/h7-8,12-23,29-32,34H,9-11,26H2,1-6H3,(H2,27,28,33)/b8-7+/t14?,15?,16?,17-,18-,19?,20?,21?,22?,23?,25?/m0/s1. The molecule has 12 nitrogen and oxygen atoms in total. The molecule has 216 valence electrons. The van der Waals surface area contributed by atoms with Crippen LogP contribution in [-0.2, 0) is 14.2 Å². The fourth-order valence-corrected chi connectivity index (χ4v) is 4.51. The number of hydrogen-bond acceptors (Lipinski definition) is 10. The summed E-state index contributed by atoms with van der Waals surface area (Å²) in [6, 6.07) is -2.43. The van der Waals surface area contributed by atoms with Crippen LogP contribution in [0.4, 0.5) is 4.79 Å². The number of carbonyl (C=O) groups is 1. The van der Waals surface area contributed by atoms with Gasteiger partial charge in [-0.05, 0) is 18.8 Å². The number of amides is 2. The van der Waals surface area contributed by atoms with Crippen LogP contribution in [0.2, 0.25) is 0 Å². The summed E-state index contributed by atoms with van der Waals surface area (Å²) in [4.78, 5) is 12.1. The lowest BCUT2D eigenvalue weighted by atomic mass is 9.86. The first-order valence-electron chi connectivity index (χ1n) is 13.0. The van der Waals surface area contributed by atoms with Gasteiger partial charge in [-0.2, -0.15) is 0 Å². The highest BCUT2D eigenvalue weighted by atomic mass is 16.7. The van der Waals surface area contributed by atoms with Crippen molar-refractivity contribution in [1.82, 2.24) is 10.6 Å². The summed E-state index contributed by atoms with van der Waals surface area (Å²) in [5, 5.41) is 58.3. The van der Waals surface area contributed by atoms with Crippen molar-refractivity contribution in [3.63, 3.8) is 0 Å². The average molecular weight is 534 g/mol. The Balaban J connectivity index is 2.32. The molecule has 0 aromatic carbocycles. The number of nitrogens with one attached hydrogen (secondary N) is 2. The maximum Gasteiger partial charge on any atom is 0.314 e. The van der Waals surface area contributed by atoms with E-state index in [4.69, 9.17) is 19.9 Å². The number of nitrogens with two attached hydrogens (primary N) is 1. The number of hydrogen-bond donors (Lipinski definition) is 8. The predicted octanol–water partition coefficient (Wildman–Crippen LogP) is -0.689. The molecule has 0 bridgehead atoms. The first kappa shape index (κ1) is 31.9. The Morgan fingerprint density at radius 1 is 1.19 bits per heavy atom. The van der Waals surface area contributed by atoms with Crippen molar-refractivity contribution in [2.45, 2.75) is 121 Å². The molecule has 0 aromatic rings. The molecular weight excluding hydrogens is 486 g/mol. The van der Waals surface area contributed by atoms with Gasteiger partial charge in [0.05, 0.1) is 48.7 Å². The zero-order valence-corrected chi connectivity index (χ0v) is 22.7. The fourth-order valence-electron chi connectivity index (χ4n) is 4.51. The Bertz CT molecular complexity index is 755.